The van der Waals surface area contributed by atoms with Crippen LogP contribution in [0.5, 0.6) is 5.75 Å². The molecule has 9 heteroatoms. The number of pyridine rings is 2. The Morgan fingerprint density at radius 1 is 1.14 bits per heavy atom. The van der Waals surface area contributed by atoms with Crippen LogP contribution in [0.15, 0.2) is 72.1 Å². The van der Waals surface area contributed by atoms with Gasteiger partial charge in [-0.2, -0.15) is 4.31 Å². The zero-order valence-corrected chi connectivity index (χ0v) is 21.1. The summed E-state index contributed by atoms with van der Waals surface area (Å²) >= 11 is 0. The number of aliphatic hydroxyl groups excluding tert-OH is 1. The quantitative estimate of drug-likeness (QED) is 0.537. The predicted molar refractivity (Wildman–Crippen MR) is 134 cm³/mol. The molecule has 0 spiro atoms. The number of aromatic nitrogens is 2. The minimum absolute atomic E-state index is 0.110. The Morgan fingerprint density at radius 2 is 1.91 bits per heavy atom. The molecule has 3 heterocycles. The molecule has 0 unspecified atom stereocenters. The van der Waals surface area contributed by atoms with Crippen molar-refractivity contribution in [3.05, 3.63) is 72.8 Å². The van der Waals surface area contributed by atoms with Gasteiger partial charge in [0.15, 0.2) is 0 Å². The fourth-order valence-corrected chi connectivity index (χ4v) is 6.15. The average Bonchev–Trinajstić information content (AvgIpc) is 2.86. The van der Waals surface area contributed by atoms with Gasteiger partial charge in [-0.25, -0.2) is 8.42 Å². The molecular weight excluding hydrogens is 464 g/mol. The van der Waals surface area contributed by atoms with E-state index in [1.807, 2.05) is 38.2 Å². The van der Waals surface area contributed by atoms with Crippen molar-refractivity contribution in [3.8, 4) is 16.9 Å². The third-order valence-electron chi connectivity index (χ3n) is 6.36. The Balaban J connectivity index is 1.72. The van der Waals surface area contributed by atoms with E-state index in [2.05, 4.69) is 14.9 Å². The standard InChI is InChI=1S/C26H32N4O4S/c1-19-15-30(20(2)18-31)35(32,33)26-7-6-22(23-5-4-10-28-14-23)13-24(26)34-25(19)17-29(3)16-21-8-11-27-12-9-21/h4-14,19-20,25,31H,15-18H2,1-3H3/t19-,20+,25+/m1/s1. The van der Waals surface area contributed by atoms with Crippen LogP contribution in [0.2, 0.25) is 0 Å². The molecule has 0 amide bonds. The van der Waals surface area contributed by atoms with Crippen molar-refractivity contribution in [3.63, 3.8) is 0 Å². The highest BCUT2D eigenvalue weighted by Crippen LogP contribution is 2.36. The first-order valence-electron chi connectivity index (χ1n) is 11.7. The maximum atomic E-state index is 13.6. The van der Waals surface area contributed by atoms with Crippen LogP contribution in [0.4, 0.5) is 0 Å². The van der Waals surface area contributed by atoms with Gasteiger partial charge >= 0.3 is 0 Å². The van der Waals surface area contributed by atoms with Crippen molar-refractivity contribution < 1.29 is 18.3 Å². The lowest BCUT2D eigenvalue weighted by Gasteiger charge is -2.37. The first-order chi connectivity index (χ1) is 16.8. The second-order valence-corrected chi connectivity index (χ2v) is 11.1. The Bertz CT molecular complexity index is 1220. The molecule has 0 radical (unpaired) electrons. The molecule has 1 aliphatic rings. The normalized spacial score (nSPS) is 20.9. The summed E-state index contributed by atoms with van der Waals surface area (Å²) in [6.45, 7) is 5.02. The number of fused-ring (bicyclic) bond motifs is 1. The summed E-state index contributed by atoms with van der Waals surface area (Å²) in [5, 5.41) is 9.83. The molecule has 186 valence electrons. The molecular formula is C26H32N4O4S. The molecule has 0 saturated heterocycles. The molecule has 3 aromatic rings. The zero-order valence-electron chi connectivity index (χ0n) is 20.3. The molecule has 0 aliphatic carbocycles. The van der Waals surface area contributed by atoms with E-state index in [1.54, 1.807) is 49.9 Å². The highest BCUT2D eigenvalue weighted by Gasteiger charge is 2.38. The molecule has 1 N–H and O–H groups in total. The predicted octanol–water partition coefficient (Wildman–Crippen LogP) is 3.04. The maximum Gasteiger partial charge on any atom is 0.247 e. The molecule has 1 aliphatic heterocycles. The fourth-order valence-electron chi connectivity index (χ4n) is 4.33. The minimum atomic E-state index is -3.87. The number of sulfonamides is 1. The molecule has 3 atom stereocenters. The largest absolute Gasteiger partial charge is 0.487 e. The van der Waals surface area contributed by atoms with Gasteiger partial charge in [-0.3, -0.25) is 14.9 Å². The summed E-state index contributed by atoms with van der Waals surface area (Å²) in [6.07, 6.45) is 6.71. The van der Waals surface area contributed by atoms with Crippen molar-refractivity contribution in [2.75, 3.05) is 26.7 Å². The van der Waals surface area contributed by atoms with Gasteiger partial charge < -0.3 is 9.84 Å². The third kappa shape index (κ3) is 5.70. The topological polar surface area (TPSA) is 95.9 Å². The lowest BCUT2D eigenvalue weighted by atomic mass is 10.0. The molecule has 2 aromatic heterocycles. The van der Waals surface area contributed by atoms with Gasteiger partial charge in [-0.1, -0.05) is 19.1 Å². The third-order valence-corrected chi connectivity index (χ3v) is 8.37. The van der Waals surface area contributed by atoms with E-state index in [0.717, 1.165) is 16.7 Å². The Labute approximate surface area is 207 Å². The van der Waals surface area contributed by atoms with Crippen LogP contribution in [0.25, 0.3) is 11.1 Å². The summed E-state index contributed by atoms with van der Waals surface area (Å²) in [4.78, 5) is 10.5. The van der Waals surface area contributed by atoms with Crippen molar-refractivity contribution in [2.45, 2.75) is 37.4 Å². The van der Waals surface area contributed by atoms with Crippen molar-refractivity contribution in [2.24, 2.45) is 5.92 Å². The monoisotopic (exact) mass is 496 g/mol. The highest BCUT2D eigenvalue weighted by molar-refractivity contribution is 7.89. The minimum Gasteiger partial charge on any atom is -0.487 e. The van der Waals surface area contributed by atoms with Gasteiger partial charge in [0.25, 0.3) is 0 Å². The Hall–Kier alpha value is -2.85. The van der Waals surface area contributed by atoms with Gasteiger partial charge in [0.05, 0.1) is 6.61 Å². The van der Waals surface area contributed by atoms with Crippen LogP contribution < -0.4 is 4.74 Å². The number of hydrogen-bond donors (Lipinski definition) is 1. The first kappa shape index (κ1) is 25.2. The van der Waals surface area contributed by atoms with Crippen molar-refractivity contribution in [1.29, 1.82) is 0 Å². The summed E-state index contributed by atoms with van der Waals surface area (Å²) in [5.41, 5.74) is 2.84. The summed E-state index contributed by atoms with van der Waals surface area (Å²) in [7, 11) is -1.85. The number of nitrogens with zero attached hydrogens (tertiary/aromatic N) is 4. The van der Waals surface area contributed by atoms with Crippen molar-refractivity contribution in [1.82, 2.24) is 19.2 Å². The van der Waals surface area contributed by atoms with Gasteiger partial charge in [0.2, 0.25) is 10.0 Å². The smallest absolute Gasteiger partial charge is 0.247 e. The van der Waals surface area contributed by atoms with Gasteiger partial charge in [-0.15, -0.1) is 0 Å². The number of hydrogen-bond acceptors (Lipinski definition) is 7. The lowest BCUT2D eigenvalue weighted by molar-refractivity contribution is 0.0734. The van der Waals surface area contributed by atoms with Crippen LogP contribution in [0.1, 0.15) is 19.4 Å². The van der Waals surface area contributed by atoms with Crippen LogP contribution in [0.3, 0.4) is 0 Å². The summed E-state index contributed by atoms with van der Waals surface area (Å²) in [5.74, 6) is 0.198. The van der Waals surface area contributed by atoms with Gasteiger partial charge in [0, 0.05) is 61.9 Å². The van der Waals surface area contributed by atoms with Crippen LogP contribution in [-0.2, 0) is 16.6 Å². The zero-order chi connectivity index (χ0) is 25.0. The maximum absolute atomic E-state index is 13.6. The second-order valence-electron chi connectivity index (χ2n) is 9.20. The number of ether oxygens (including phenoxy) is 1. The molecule has 35 heavy (non-hydrogen) atoms. The molecule has 1 aromatic carbocycles. The van der Waals surface area contributed by atoms with Crippen molar-refractivity contribution >= 4 is 10.0 Å². The van der Waals surface area contributed by atoms with E-state index in [9.17, 15) is 13.5 Å². The highest BCUT2D eigenvalue weighted by atomic mass is 32.2. The first-order valence-corrected chi connectivity index (χ1v) is 13.1. The van der Waals surface area contributed by atoms with Crippen LogP contribution >= 0.6 is 0 Å². The van der Waals surface area contributed by atoms with Crippen LogP contribution in [-0.4, -0.2) is 71.6 Å². The summed E-state index contributed by atoms with van der Waals surface area (Å²) in [6, 6.07) is 12.3. The number of likely N-dealkylation sites (N-methyl/N-ethyl adjacent to an activating group) is 1. The summed E-state index contributed by atoms with van der Waals surface area (Å²) < 4.78 is 35.2. The second kappa shape index (κ2) is 10.8. The number of aliphatic hydroxyl groups is 1. The Morgan fingerprint density at radius 3 is 2.60 bits per heavy atom. The SMILES string of the molecule is C[C@@H]1CN([C@@H](C)CO)S(=O)(=O)c2ccc(-c3cccnc3)cc2O[C@H]1CN(C)Cc1ccncc1. The lowest BCUT2D eigenvalue weighted by Crippen LogP contribution is -2.49. The van der Waals surface area contributed by atoms with E-state index in [1.165, 1.54) is 4.31 Å². The fraction of sp³-hybridized carbons (Fsp3) is 0.385. The van der Waals surface area contributed by atoms with Crippen LogP contribution in [0, 0.1) is 5.92 Å². The number of benzene rings is 1. The van der Waals surface area contributed by atoms with E-state index < -0.39 is 16.1 Å². The molecule has 0 fully saturated rings. The molecule has 4 rings (SSSR count). The van der Waals surface area contributed by atoms with E-state index in [-0.39, 0.29) is 30.1 Å². The number of rotatable bonds is 7. The van der Waals surface area contributed by atoms with E-state index in [4.69, 9.17) is 4.74 Å². The van der Waals surface area contributed by atoms with Gasteiger partial charge in [-0.05, 0) is 55.4 Å². The van der Waals surface area contributed by atoms with Gasteiger partial charge in [0.1, 0.15) is 16.7 Å². The molecule has 8 nitrogen and oxygen atoms in total. The van der Waals surface area contributed by atoms with E-state index in [0.29, 0.717) is 18.8 Å². The van der Waals surface area contributed by atoms with E-state index >= 15 is 0 Å². The molecule has 0 bridgehead atoms. The Kier molecular flexibility index (Phi) is 7.81. The molecule has 0 saturated carbocycles. The average molecular weight is 497 g/mol.